The van der Waals surface area contributed by atoms with E-state index in [2.05, 4.69) is 36.3 Å². The third kappa shape index (κ3) is 5.09. The maximum Gasteiger partial charge on any atom is 0.233 e. The summed E-state index contributed by atoms with van der Waals surface area (Å²) in [6.45, 7) is 8.13. The van der Waals surface area contributed by atoms with Crippen LogP contribution in [0.15, 0.2) is 41.8 Å². The Balaban J connectivity index is 2.66. The molecule has 1 aromatic rings. The molecule has 2 atom stereocenters. The van der Waals surface area contributed by atoms with Crippen LogP contribution in [0.4, 0.5) is 0 Å². The normalized spacial score (nSPS) is 13.6. The van der Waals surface area contributed by atoms with Crippen molar-refractivity contribution in [1.29, 1.82) is 0 Å². The standard InChI is InChI=1S/C15H22N2OS/c1-5-9-17-15(18)12(3)19-14-8-6-7-13(10-14)11(2)16-4/h5-8,10-12,16H,1,9H2,2-4H3,(H,17,18). The van der Waals surface area contributed by atoms with Crippen molar-refractivity contribution in [3.63, 3.8) is 0 Å². The molecule has 0 aliphatic heterocycles. The molecule has 0 aromatic heterocycles. The van der Waals surface area contributed by atoms with Gasteiger partial charge in [0.25, 0.3) is 0 Å². The zero-order valence-electron chi connectivity index (χ0n) is 11.8. The molecule has 0 saturated heterocycles. The van der Waals surface area contributed by atoms with Crippen LogP contribution in [0.25, 0.3) is 0 Å². The van der Waals surface area contributed by atoms with Crippen LogP contribution in [0.1, 0.15) is 25.5 Å². The Hall–Kier alpha value is -1.26. The van der Waals surface area contributed by atoms with Gasteiger partial charge in [-0.15, -0.1) is 18.3 Å². The van der Waals surface area contributed by atoms with Crippen molar-refractivity contribution < 1.29 is 4.79 Å². The van der Waals surface area contributed by atoms with E-state index >= 15 is 0 Å². The number of hydrogen-bond donors (Lipinski definition) is 2. The summed E-state index contributed by atoms with van der Waals surface area (Å²) >= 11 is 1.57. The molecule has 0 radical (unpaired) electrons. The lowest BCUT2D eigenvalue weighted by molar-refractivity contribution is -0.120. The summed E-state index contributed by atoms with van der Waals surface area (Å²) in [5.41, 5.74) is 1.23. The van der Waals surface area contributed by atoms with E-state index in [4.69, 9.17) is 0 Å². The highest BCUT2D eigenvalue weighted by atomic mass is 32.2. The molecule has 104 valence electrons. The monoisotopic (exact) mass is 278 g/mol. The molecule has 2 unspecified atom stereocenters. The lowest BCUT2D eigenvalue weighted by atomic mass is 10.1. The fourth-order valence-electron chi connectivity index (χ4n) is 1.60. The molecule has 3 nitrogen and oxygen atoms in total. The zero-order chi connectivity index (χ0) is 14.3. The molecule has 4 heteroatoms. The van der Waals surface area contributed by atoms with Crippen LogP contribution in [0.5, 0.6) is 0 Å². The third-order valence-electron chi connectivity index (χ3n) is 2.89. The van der Waals surface area contributed by atoms with Crippen molar-refractivity contribution in [2.75, 3.05) is 13.6 Å². The molecule has 1 rings (SSSR count). The summed E-state index contributed by atoms with van der Waals surface area (Å²) < 4.78 is 0. The number of amides is 1. The lowest BCUT2D eigenvalue weighted by Gasteiger charge is -2.14. The predicted molar refractivity (Wildman–Crippen MR) is 82.4 cm³/mol. The molecular weight excluding hydrogens is 256 g/mol. The van der Waals surface area contributed by atoms with Gasteiger partial charge in [0.2, 0.25) is 5.91 Å². The number of carbonyl (C=O) groups is 1. The minimum atomic E-state index is -0.111. The Bertz CT molecular complexity index is 434. The highest BCUT2D eigenvalue weighted by Gasteiger charge is 2.14. The van der Waals surface area contributed by atoms with Gasteiger partial charge in [-0.3, -0.25) is 4.79 Å². The highest BCUT2D eigenvalue weighted by molar-refractivity contribution is 8.00. The van der Waals surface area contributed by atoms with Crippen LogP contribution in [-0.2, 0) is 4.79 Å². The van der Waals surface area contributed by atoms with Crippen molar-refractivity contribution in [2.45, 2.75) is 30.0 Å². The molecule has 1 aromatic carbocycles. The smallest absolute Gasteiger partial charge is 0.233 e. The number of thioether (sulfide) groups is 1. The topological polar surface area (TPSA) is 41.1 Å². The second-order valence-electron chi connectivity index (χ2n) is 4.38. The molecule has 0 bridgehead atoms. The minimum Gasteiger partial charge on any atom is -0.352 e. The molecule has 2 N–H and O–H groups in total. The Morgan fingerprint density at radius 3 is 2.84 bits per heavy atom. The van der Waals surface area contributed by atoms with Crippen LogP contribution in [-0.4, -0.2) is 24.7 Å². The van der Waals surface area contributed by atoms with Crippen molar-refractivity contribution in [3.05, 3.63) is 42.5 Å². The summed E-state index contributed by atoms with van der Waals surface area (Å²) in [6.07, 6.45) is 1.69. The van der Waals surface area contributed by atoms with E-state index in [1.807, 2.05) is 26.1 Å². The second kappa shape index (κ2) is 8.02. The molecule has 19 heavy (non-hydrogen) atoms. The van der Waals surface area contributed by atoms with Gasteiger partial charge < -0.3 is 10.6 Å². The second-order valence-corrected chi connectivity index (χ2v) is 5.79. The first kappa shape index (κ1) is 15.8. The zero-order valence-corrected chi connectivity index (χ0v) is 12.6. The molecule has 0 fully saturated rings. The number of benzene rings is 1. The van der Waals surface area contributed by atoms with Crippen LogP contribution in [0, 0.1) is 0 Å². The fourth-order valence-corrected chi connectivity index (χ4v) is 2.56. The summed E-state index contributed by atoms with van der Waals surface area (Å²) in [5, 5.41) is 5.91. The first-order valence-electron chi connectivity index (χ1n) is 6.41. The SMILES string of the molecule is C=CCNC(=O)C(C)Sc1cccc(C(C)NC)c1. The summed E-state index contributed by atoms with van der Waals surface area (Å²) in [7, 11) is 1.94. The van der Waals surface area contributed by atoms with E-state index in [9.17, 15) is 4.79 Å². The Morgan fingerprint density at radius 1 is 1.47 bits per heavy atom. The van der Waals surface area contributed by atoms with E-state index in [1.54, 1.807) is 17.8 Å². The minimum absolute atomic E-state index is 0.0389. The van der Waals surface area contributed by atoms with Crippen molar-refractivity contribution in [3.8, 4) is 0 Å². The van der Waals surface area contributed by atoms with Crippen LogP contribution in [0.3, 0.4) is 0 Å². The van der Waals surface area contributed by atoms with Gasteiger partial charge in [0.05, 0.1) is 5.25 Å². The van der Waals surface area contributed by atoms with Crippen molar-refractivity contribution in [1.82, 2.24) is 10.6 Å². The van der Waals surface area contributed by atoms with Crippen molar-refractivity contribution >= 4 is 17.7 Å². The number of rotatable bonds is 7. The average molecular weight is 278 g/mol. The van der Waals surface area contributed by atoms with E-state index in [0.29, 0.717) is 12.6 Å². The molecule has 0 heterocycles. The van der Waals surface area contributed by atoms with E-state index < -0.39 is 0 Å². The number of carbonyl (C=O) groups excluding carboxylic acids is 1. The summed E-state index contributed by atoms with van der Waals surface area (Å²) in [4.78, 5) is 12.9. The number of hydrogen-bond acceptors (Lipinski definition) is 3. The molecule has 0 aliphatic carbocycles. The molecule has 1 amide bonds. The van der Waals surface area contributed by atoms with Crippen LogP contribution < -0.4 is 10.6 Å². The van der Waals surface area contributed by atoms with Crippen molar-refractivity contribution in [2.24, 2.45) is 0 Å². The van der Waals surface area contributed by atoms with E-state index in [0.717, 1.165) is 4.90 Å². The number of nitrogens with one attached hydrogen (secondary N) is 2. The van der Waals surface area contributed by atoms with Gasteiger partial charge in [0.15, 0.2) is 0 Å². The molecule has 0 saturated carbocycles. The van der Waals surface area contributed by atoms with E-state index in [-0.39, 0.29) is 11.2 Å². The van der Waals surface area contributed by atoms with Crippen LogP contribution >= 0.6 is 11.8 Å². The van der Waals surface area contributed by atoms with Gasteiger partial charge in [0, 0.05) is 17.5 Å². The van der Waals surface area contributed by atoms with Gasteiger partial charge >= 0.3 is 0 Å². The maximum atomic E-state index is 11.8. The van der Waals surface area contributed by atoms with Gasteiger partial charge in [0.1, 0.15) is 0 Å². The summed E-state index contributed by atoms with van der Waals surface area (Å²) in [6, 6.07) is 8.59. The Kier molecular flexibility index (Phi) is 6.67. The Labute approximate surface area is 119 Å². The quantitative estimate of drug-likeness (QED) is 0.595. The van der Waals surface area contributed by atoms with Gasteiger partial charge in [-0.1, -0.05) is 18.2 Å². The van der Waals surface area contributed by atoms with Gasteiger partial charge in [-0.05, 0) is 38.6 Å². The average Bonchev–Trinajstić information content (AvgIpc) is 2.44. The maximum absolute atomic E-state index is 11.8. The molecular formula is C15H22N2OS. The third-order valence-corrected chi connectivity index (χ3v) is 3.99. The molecule has 0 spiro atoms. The van der Waals surface area contributed by atoms with Gasteiger partial charge in [-0.25, -0.2) is 0 Å². The van der Waals surface area contributed by atoms with Gasteiger partial charge in [-0.2, -0.15) is 0 Å². The van der Waals surface area contributed by atoms with Crippen LogP contribution in [0.2, 0.25) is 0 Å². The van der Waals surface area contributed by atoms with E-state index in [1.165, 1.54) is 5.56 Å². The lowest BCUT2D eigenvalue weighted by Crippen LogP contribution is -2.30. The fraction of sp³-hybridized carbons (Fsp3) is 0.400. The Morgan fingerprint density at radius 2 is 2.21 bits per heavy atom. The highest BCUT2D eigenvalue weighted by Crippen LogP contribution is 2.26. The predicted octanol–water partition coefficient (Wildman–Crippen LogP) is 2.75. The first-order valence-corrected chi connectivity index (χ1v) is 7.29. The molecule has 0 aliphatic rings. The first-order chi connectivity index (χ1) is 9.08. The largest absolute Gasteiger partial charge is 0.352 e. The summed E-state index contributed by atoms with van der Waals surface area (Å²) in [5.74, 6) is 0.0389.